The van der Waals surface area contributed by atoms with Crippen LogP contribution in [0.15, 0.2) is 0 Å². The second kappa shape index (κ2) is 6.86. The van der Waals surface area contributed by atoms with Crippen LogP contribution in [0.25, 0.3) is 0 Å². The Bertz CT molecular complexity index is 150. The maximum Gasteiger partial charge on any atom is 0.219 e. The molecular formula is C9H19NO3. The van der Waals surface area contributed by atoms with E-state index >= 15 is 0 Å². The summed E-state index contributed by atoms with van der Waals surface area (Å²) in [5.41, 5.74) is 0. The molecule has 0 aliphatic carbocycles. The van der Waals surface area contributed by atoms with Crippen LogP contribution in [0.5, 0.6) is 0 Å². The molecule has 1 heterocycles. The Morgan fingerprint density at radius 1 is 1.62 bits per heavy atom. The second-order valence-corrected chi connectivity index (χ2v) is 2.62. The van der Waals surface area contributed by atoms with Crippen molar-refractivity contribution in [2.24, 2.45) is 0 Å². The van der Waals surface area contributed by atoms with Crippen molar-refractivity contribution in [1.82, 2.24) is 4.90 Å². The fraction of sp³-hybridized carbons (Fsp3) is 0.889. The molecule has 0 bridgehead atoms. The predicted octanol–water partition coefficient (Wildman–Crippen LogP) is 0.252. The number of hydrogen-bond donors (Lipinski definition) is 1. The number of ether oxygens (including phenoxy) is 1. The molecule has 78 valence electrons. The number of carbonyl (C=O) groups is 1. The first-order valence-electron chi connectivity index (χ1n) is 4.71. The van der Waals surface area contributed by atoms with Gasteiger partial charge >= 0.3 is 0 Å². The highest BCUT2D eigenvalue weighted by Crippen LogP contribution is 2.05. The quantitative estimate of drug-likeness (QED) is 0.643. The van der Waals surface area contributed by atoms with Crippen molar-refractivity contribution in [2.45, 2.75) is 26.8 Å². The Morgan fingerprint density at radius 2 is 2.23 bits per heavy atom. The average molecular weight is 189 g/mol. The highest BCUT2D eigenvalue weighted by Gasteiger charge is 2.23. The van der Waals surface area contributed by atoms with Gasteiger partial charge in [-0.3, -0.25) is 4.79 Å². The standard InChI is InChI=1S/C7H13NO3.C2H6/c1-6(10)8-2-3-11-5-7(8)4-9;1-2/h7,9H,2-5H2,1H3;1-2H3/t7-;/m0./s1. The molecule has 1 saturated heterocycles. The van der Waals surface area contributed by atoms with Crippen molar-refractivity contribution in [2.75, 3.05) is 26.4 Å². The van der Waals surface area contributed by atoms with E-state index in [9.17, 15) is 4.79 Å². The summed E-state index contributed by atoms with van der Waals surface area (Å²) in [6, 6.07) is -0.138. The zero-order valence-electron chi connectivity index (χ0n) is 8.62. The Kier molecular flexibility index (Phi) is 6.54. The van der Waals surface area contributed by atoms with E-state index in [4.69, 9.17) is 9.84 Å². The Hall–Kier alpha value is -0.610. The second-order valence-electron chi connectivity index (χ2n) is 2.62. The minimum atomic E-state index is -0.138. The first-order valence-corrected chi connectivity index (χ1v) is 4.71. The maximum absolute atomic E-state index is 10.9. The summed E-state index contributed by atoms with van der Waals surface area (Å²) in [5.74, 6) is 0.00681. The monoisotopic (exact) mass is 189 g/mol. The molecule has 4 heteroatoms. The van der Waals surface area contributed by atoms with Gasteiger partial charge in [-0.2, -0.15) is 0 Å². The highest BCUT2D eigenvalue weighted by atomic mass is 16.5. The number of carbonyl (C=O) groups excluding carboxylic acids is 1. The fourth-order valence-corrected chi connectivity index (χ4v) is 1.22. The minimum Gasteiger partial charge on any atom is -0.394 e. The Labute approximate surface area is 79.5 Å². The lowest BCUT2D eigenvalue weighted by atomic mass is 10.2. The lowest BCUT2D eigenvalue weighted by Crippen LogP contribution is -2.49. The number of aliphatic hydroxyl groups is 1. The van der Waals surface area contributed by atoms with Crippen LogP contribution in [0, 0.1) is 0 Å². The third kappa shape index (κ3) is 3.74. The van der Waals surface area contributed by atoms with Crippen molar-refractivity contribution < 1.29 is 14.6 Å². The van der Waals surface area contributed by atoms with Gasteiger partial charge in [0.25, 0.3) is 0 Å². The number of amides is 1. The smallest absolute Gasteiger partial charge is 0.219 e. The SMILES string of the molecule is CC.CC(=O)N1CCOC[C@@H]1CO. The Balaban J connectivity index is 0.000000671. The largest absolute Gasteiger partial charge is 0.394 e. The molecule has 1 N–H and O–H groups in total. The summed E-state index contributed by atoms with van der Waals surface area (Å²) in [5, 5.41) is 8.84. The van der Waals surface area contributed by atoms with Crippen LogP contribution in [0.1, 0.15) is 20.8 Å². The summed E-state index contributed by atoms with van der Waals surface area (Å²) in [6.07, 6.45) is 0. The summed E-state index contributed by atoms with van der Waals surface area (Å²) < 4.78 is 5.10. The molecule has 0 aromatic carbocycles. The third-order valence-electron chi connectivity index (χ3n) is 1.84. The normalized spacial score (nSPS) is 21.8. The number of morpholine rings is 1. The van der Waals surface area contributed by atoms with Crippen molar-refractivity contribution in [3.8, 4) is 0 Å². The first-order chi connectivity index (χ1) is 6.25. The van der Waals surface area contributed by atoms with Gasteiger partial charge < -0.3 is 14.7 Å². The molecule has 1 aliphatic rings. The van der Waals surface area contributed by atoms with Crippen LogP contribution in [-0.4, -0.2) is 48.3 Å². The molecule has 0 aromatic rings. The molecular weight excluding hydrogens is 170 g/mol. The Morgan fingerprint density at radius 3 is 2.62 bits per heavy atom. The molecule has 4 nitrogen and oxygen atoms in total. The van der Waals surface area contributed by atoms with Gasteiger partial charge in [0.15, 0.2) is 0 Å². The minimum absolute atomic E-state index is 0.00681. The van der Waals surface area contributed by atoms with Crippen LogP contribution in [0.2, 0.25) is 0 Å². The van der Waals surface area contributed by atoms with Crippen LogP contribution >= 0.6 is 0 Å². The zero-order valence-corrected chi connectivity index (χ0v) is 8.62. The van der Waals surface area contributed by atoms with E-state index in [2.05, 4.69) is 0 Å². The number of hydrogen-bond acceptors (Lipinski definition) is 3. The van der Waals surface area contributed by atoms with Crippen molar-refractivity contribution >= 4 is 5.91 Å². The number of aliphatic hydroxyl groups excluding tert-OH is 1. The van der Waals surface area contributed by atoms with Crippen molar-refractivity contribution in [3.63, 3.8) is 0 Å². The molecule has 1 aliphatic heterocycles. The molecule has 1 fully saturated rings. The lowest BCUT2D eigenvalue weighted by Gasteiger charge is -2.33. The summed E-state index contributed by atoms with van der Waals surface area (Å²) in [7, 11) is 0. The molecule has 0 saturated carbocycles. The highest BCUT2D eigenvalue weighted by molar-refractivity contribution is 5.73. The van der Waals surface area contributed by atoms with Gasteiger partial charge in [-0.25, -0.2) is 0 Å². The van der Waals surface area contributed by atoms with Gasteiger partial charge in [-0.05, 0) is 0 Å². The third-order valence-corrected chi connectivity index (χ3v) is 1.84. The van der Waals surface area contributed by atoms with E-state index in [0.717, 1.165) is 0 Å². The van der Waals surface area contributed by atoms with Crippen LogP contribution < -0.4 is 0 Å². The topological polar surface area (TPSA) is 49.8 Å². The van der Waals surface area contributed by atoms with Crippen LogP contribution in [0.4, 0.5) is 0 Å². The first kappa shape index (κ1) is 12.4. The van der Waals surface area contributed by atoms with Crippen LogP contribution in [-0.2, 0) is 9.53 Å². The average Bonchev–Trinajstić information content (AvgIpc) is 2.20. The fourth-order valence-electron chi connectivity index (χ4n) is 1.22. The summed E-state index contributed by atoms with van der Waals surface area (Å²) in [4.78, 5) is 12.6. The van der Waals surface area contributed by atoms with E-state index < -0.39 is 0 Å². The molecule has 0 aromatic heterocycles. The van der Waals surface area contributed by atoms with E-state index in [1.54, 1.807) is 4.90 Å². The maximum atomic E-state index is 10.9. The van der Waals surface area contributed by atoms with Crippen LogP contribution in [0.3, 0.4) is 0 Å². The van der Waals surface area contributed by atoms with Gasteiger partial charge in [0.2, 0.25) is 5.91 Å². The molecule has 0 unspecified atom stereocenters. The van der Waals surface area contributed by atoms with Gasteiger partial charge in [-0.1, -0.05) is 13.8 Å². The molecule has 1 atom stereocenters. The van der Waals surface area contributed by atoms with E-state index in [1.807, 2.05) is 13.8 Å². The molecule has 1 amide bonds. The molecule has 0 spiro atoms. The van der Waals surface area contributed by atoms with Gasteiger partial charge in [0.05, 0.1) is 25.9 Å². The zero-order chi connectivity index (χ0) is 10.3. The lowest BCUT2D eigenvalue weighted by molar-refractivity contribution is -0.139. The van der Waals surface area contributed by atoms with Crippen molar-refractivity contribution in [3.05, 3.63) is 0 Å². The summed E-state index contributed by atoms with van der Waals surface area (Å²) in [6.45, 7) is 7.13. The van der Waals surface area contributed by atoms with E-state index in [-0.39, 0.29) is 18.6 Å². The molecule has 0 radical (unpaired) electrons. The predicted molar refractivity (Wildman–Crippen MR) is 50.4 cm³/mol. The van der Waals surface area contributed by atoms with E-state index in [1.165, 1.54) is 6.92 Å². The van der Waals surface area contributed by atoms with Gasteiger partial charge in [0.1, 0.15) is 0 Å². The number of rotatable bonds is 1. The summed E-state index contributed by atoms with van der Waals surface area (Å²) >= 11 is 0. The number of nitrogens with zero attached hydrogens (tertiary/aromatic N) is 1. The molecule has 1 rings (SSSR count). The van der Waals surface area contributed by atoms with Gasteiger partial charge in [0, 0.05) is 13.5 Å². The van der Waals surface area contributed by atoms with E-state index in [0.29, 0.717) is 19.8 Å². The molecule has 13 heavy (non-hydrogen) atoms. The van der Waals surface area contributed by atoms with Crippen molar-refractivity contribution in [1.29, 1.82) is 0 Å². The van der Waals surface area contributed by atoms with Gasteiger partial charge in [-0.15, -0.1) is 0 Å².